The minimum Gasteiger partial charge on any atom is -0.381 e. The average Bonchev–Trinajstić information content (AvgIpc) is 2.72. The number of aliphatic imine (C=N–C) groups is 1. The van der Waals surface area contributed by atoms with Crippen LogP contribution in [-0.4, -0.2) is 76.4 Å². The summed E-state index contributed by atoms with van der Waals surface area (Å²) in [4.78, 5) is 9.29. The van der Waals surface area contributed by atoms with Gasteiger partial charge in [0.25, 0.3) is 0 Å². The monoisotopic (exact) mass is 501 g/mol. The molecule has 28 heavy (non-hydrogen) atoms. The van der Waals surface area contributed by atoms with Crippen molar-refractivity contribution in [2.75, 3.05) is 58.9 Å². The third kappa shape index (κ3) is 5.97. The minimum atomic E-state index is 0. The van der Waals surface area contributed by atoms with Crippen LogP contribution in [0, 0.1) is 0 Å². The van der Waals surface area contributed by atoms with Gasteiger partial charge >= 0.3 is 0 Å². The van der Waals surface area contributed by atoms with Gasteiger partial charge in [-0.25, -0.2) is 0 Å². The molecule has 0 bridgehead atoms. The van der Waals surface area contributed by atoms with Gasteiger partial charge in [-0.1, -0.05) is 18.2 Å². The summed E-state index contributed by atoms with van der Waals surface area (Å²) in [6, 6.07) is 11.1. The SMILES string of the molecule is CN=C(NCC1(N(C)C)CCOCC1)NC1CCCN(c2ccccc2)C1.I. The van der Waals surface area contributed by atoms with Gasteiger partial charge in [-0.3, -0.25) is 4.99 Å². The van der Waals surface area contributed by atoms with Crippen molar-refractivity contribution < 1.29 is 4.74 Å². The Morgan fingerprint density at radius 3 is 2.61 bits per heavy atom. The maximum absolute atomic E-state index is 5.58. The van der Waals surface area contributed by atoms with Crippen molar-refractivity contribution >= 4 is 35.6 Å². The second-order valence-corrected chi connectivity index (χ2v) is 7.92. The van der Waals surface area contributed by atoms with Crippen molar-refractivity contribution in [2.24, 2.45) is 4.99 Å². The highest BCUT2D eigenvalue weighted by Crippen LogP contribution is 2.25. The molecule has 0 amide bonds. The van der Waals surface area contributed by atoms with Gasteiger partial charge in [0.2, 0.25) is 0 Å². The predicted molar refractivity (Wildman–Crippen MR) is 128 cm³/mol. The van der Waals surface area contributed by atoms with Crippen LogP contribution in [0.1, 0.15) is 25.7 Å². The fraction of sp³-hybridized carbons (Fsp3) is 0.667. The van der Waals surface area contributed by atoms with E-state index in [1.54, 1.807) is 0 Å². The fourth-order valence-electron chi connectivity index (χ4n) is 4.14. The number of guanidine groups is 1. The lowest BCUT2D eigenvalue weighted by molar-refractivity contribution is -0.00503. The number of piperidine rings is 1. The maximum Gasteiger partial charge on any atom is 0.191 e. The van der Waals surface area contributed by atoms with E-state index in [4.69, 9.17) is 4.74 Å². The molecule has 2 saturated heterocycles. The fourth-order valence-corrected chi connectivity index (χ4v) is 4.14. The van der Waals surface area contributed by atoms with Crippen LogP contribution in [0.25, 0.3) is 0 Å². The van der Waals surface area contributed by atoms with Crippen LogP contribution in [0.2, 0.25) is 0 Å². The standard InChI is InChI=1S/C21H35N5O.HI/c1-22-20(23-17-21(25(2)3)11-14-27-15-12-21)24-18-8-7-13-26(16-18)19-9-5-4-6-10-19;/h4-6,9-10,18H,7-8,11-17H2,1-3H3,(H2,22,23,24);1H. The lowest BCUT2D eigenvalue weighted by Gasteiger charge is -2.43. The zero-order valence-corrected chi connectivity index (χ0v) is 19.8. The summed E-state index contributed by atoms with van der Waals surface area (Å²) in [6.07, 6.45) is 4.48. The minimum absolute atomic E-state index is 0. The number of rotatable bonds is 5. The smallest absolute Gasteiger partial charge is 0.191 e. The van der Waals surface area contributed by atoms with Crippen molar-refractivity contribution in [3.63, 3.8) is 0 Å². The quantitative estimate of drug-likeness (QED) is 0.369. The molecule has 2 heterocycles. The Morgan fingerprint density at radius 1 is 1.25 bits per heavy atom. The van der Waals surface area contributed by atoms with Gasteiger partial charge in [-0.2, -0.15) is 0 Å². The van der Waals surface area contributed by atoms with Gasteiger partial charge in [0.05, 0.1) is 0 Å². The highest BCUT2D eigenvalue weighted by Gasteiger charge is 2.35. The number of para-hydroxylation sites is 1. The van der Waals surface area contributed by atoms with E-state index in [1.165, 1.54) is 18.5 Å². The summed E-state index contributed by atoms with van der Waals surface area (Å²) in [5.41, 5.74) is 1.44. The Morgan fingerprint density at radius 2 is 1.96 bits per heavy atom. The second-order valence-electron chi connectivity index (χ2n) is 7.92. The highest BCUT2D eigenvalue weighted by atomic mass is 127. The number of nitrogens with one attached hydrogen (secondary N) is 2. The number of hydrogen-bond donors (Lipinski definition) is 2. The molecule has 7 heteroatoms. The first-order chi connectivity index (χ1) is 13.1. The molecule has 1 aromatic rings. The number of nitrogens with zero attached hydrogens (tertiary/aromatic N) is 3. The summed E-state index contributed by atoms with van der Waals surface area (Å²) in [5.74, 6) is 0.905. The molecule has 0 spiro atoms. The average molecular weight is 501 g/mol. The zero-order chi connectivity index (χ0) is 19.1. The van der Waals surface area contributed by atoms with Crippen molar-refractivity contribution in [2.45, 2.75) is 37.3 Å². The second kappa shape index (κ2) is 11.2. The van der Waals surface area contributed by atoms with E-state index in [2.05, 4.69) is 69.9 Å². The Labute approximate surface area is 187 Å². The summed E-state index contributed by atoms with van der Waals surface area (Å²) in [6.45, 7) is 4.69. The molecule has 6 nitrogen and oxygen atoms in total. The van der Waals surface area contributed by atoms with E-state index in [0.29, 0.717) is 6.04 Å². The molecule has 2 N–H and O–H groups in total. The van der Waals surface area contributed by atoms with Crippen LogP contribution >= 0.6 is 24.0 Å². The molecular weight excluding hydrogens is 465 g/mol. The van der Waals surface area contributed by atoms with Crippen molar-refractivity contribution in [1.29, 1.82) is 0 Å². The van der Waals surface area contributed by atoms with E-state index in [1.807, 2.05) is 7.05 Å². The molecular formula is C21H36IN5O. The van der Waals surface area contributed by atoms with Gasteiger partial charge in [-0.05, 0) is 51.9 Å². The molecule has 2 aliphatic rings. The molecule has 3 rings (SSSR count). The molecule has 2 aliphatic heterocycles. The molecule has 0 aliphatic carbocycles. The topological polar surface area (TPSA) is 52.1 Å². The van der Waals surface area contributed by atoms with E-state index < -0.39 is 0 Å². The lowest BCUT2D eigenvalue weighted by Crippen LogP contribution is -2.58. The number of benzene rings is 1. The molecule has 1 atom stereocenters. The number of hydrogen-bond acceptors (Lipinski definition) is 4. The summed E-state index contributed by atoms with van der Waals surface area (Å²) < 4.78 is 5.58. The molecule has 0 radical (unpaired) electrons. The van der Waals surface area contributed by atoms with Gasteiger partial charge in [0.1, 0.15) is 0 Å². The Kier molecular flexibility index (Phi) is 9.30. The summed E-state index contributed by atoms with van der Waals surface area (Å²) in [5, 5.41) is 7.23. The lowest BCUT2D eigenvalue weighted by atomic mass is 9.88. The van der Waals surface area contributed by atoms with E-state index in [0.717, 1.165) is 51.6 Å². The maximum atomic E-state index is 5.58. The highest BCUT2D eigenvalue weighted by molar-refractivity contribution is 14.0. The Balaban J connectivity index is 0.00000280. The van der Waals surface area contributed by atoms with Crippen molar-refractivity contribution in [3.8, 4) is 0 Å². The summed E-state index contributed by atoms with van der Waals surface area (Å²) >= 11 is 0. The molecule has 0 saturated carbocycles. The molecule has 1 unspecified atom stereocenters. The third-order valence-electron chi connectivity index (χ3n) is 6.06. The van der Waals surface area contributed by atoms with Crippen molar-refractivity contribution in [3.05, 3.63) is 30.3 Å². The van der Waals surface area contributed by atoms with Crippen LogP contribution in [0.4, 0.5) is 5.69 Å². The number of halogens is 1. The first kappa shape index (κ1) is 23.2. The molecule has 2 fully saturated rings. The molecule has 158 valence electrons. The van der Waals surface area contributed by atoms with Crippen LogP contribution < -0.4 is 15.5 Å². The van der Waals surface area contributed by atoms with Gasteiger partial charge in [0, 0.05) is 57.2 Å². The van der Waals surface area contributed by atoms with Crippen LogP contribution in [0.3, 0.4) is 0 Å². The largest absolute Gasteiger partial charge is 0.381 e. The molecule has 1 aromatic carbocycles. The third-order valence-corrected chi connectivity index (χ3v) is 6.06. The van der Waals surface area contributed by atoms with Crippen LogP contribution in [0.15, 0.2) is 35.3 Å². The number of anilines is 1. The van der Waals surface area contributed by atoms with Crippen LogP contribution in [-0.2, 0) is 4.74 Å². The van der Waals surface area contributed by atoms with E-state index in [9.17, 15) is 0 Å². The first-order valence-electron chi connectivity index (χ1n) is 10.2. The molecule has 0 aromatic heterocycles. The van der Waals surface area contributed by atoms with Gasteiger partial charge < -0.3 is 25.2 Å². The van der Waals surface area contributed by atoms with Gasteiger partial charge in [0.15, 0.2) is 5.96 Å². The predicted octanol–water partition coefficient (Wildman–Crippen LogP) is 2.55. The first-order valence-corrected chi connectivity index (χ1v) is 10.2. The van der Waals surface area contributed by atoms with E-state index >= 15 is 0 Å². The number of ether oxygens (including phenoxy) is 1. The zero-order valence-electron chi connectivity index (χ0n) is 17.5. The summed E-state index contributed by atoms with van der Waals surface area (Å²) in [7, 11) is 6.20. The Hall–Kier alpha value is -1.06. The van der Waals surface area contributed by atoms with E-state index in [-0.39, 0.29) is 29.5 Å². The number of likely N-dealkylation sites (N-methyl/N-ethyl adjacent to an activating group) is 1. The normalized spacial score (nSPS) is 22.5. The van der Waals surface area contributed by atoms with Crippen molar-refractivity contribution in [1.82, 2.24) is 15.5 Å². The van der Waals surface area contributed by atoms with Crippen LogP contribution in [0.5, 0.6) is 0 Å². The Bertz CT molecular complexity index is 604. The van der Waals surface area contributed by atoms with Gasteiger partial charge in [-0.15, -0.1) is 24.0 Å².